The van der Waals surface area contributed by atoms with Gasteiger partial charge >= 0.3 is 0 Å². The maximum absolute atomic E-state index is 12.4. The first-order chi connectivity index (χ1) is 8.50. The molecule has 0 bridgehead atoms. The summed E-state index contributed by atoms with van der Waals surface area (Å²) in [4.78, 5) is 17.0. The number of amides is 1. The van der Waals surface area contributed by atoms with Gasteiger partial charge < -0.3 is 10.6 Å². The van der Waals surface area contributed by atoms with Crippen molar-refractivity contribution in [1.29, 1.82) is 0 Å². The molecular formula is C14H27N3O. The lowest BCUT2D eigenvalue weighted by molar-refractivity contribution is -0.140. The van der Waals surface area contributed by atoms with Crippen LogP contribution in [0.25, 0.3) is 0 Å². The molecule has 4 nitrogen and oxygen atoms in total. The number of carbonyl (C=O) groups is 1. The van der Waals surface area contributed by atoms with E-state index in [0.29, 0.717) is 12.1 Å². The third-order valence-corrected chi connectivity index (χ3v) is 4.47. The molecule has 0 saturated carbocycles. The Kier molecular flexibility index (Phi) is 4.28. The van der Waals surface area contributed by atoms with E-state index < -0.39 is 0 Å². The number of fused-ring (bicyclic) bond motifs is 1. The molecule has 2 aliphatic rings. The zero-order valence-electron chi connectivity index (χ0n) is 11.9. The van der Waals surface area contributed by atoms with Gasteiger partial charge in [-0.05, 0) is 32.2 Å². The van der Waals surface area contributed by atoms with Gasteiger partial charge in [0.05, 0.1) is 6.04 Å². The van der Waals surface area contributed by atoms with Crippen molar-refractivity contribution in [2.75, 3.05) is 19.6 Å². The predicted molar refractivity (Wildman–Crippen MR) is 73.2 cm³/mol. The highest BCUT2D eigenvalue weighted by Crippen LogP contribution is 2.24. The molecule has 0 aliphatic carbocycles. The molecule has 0 aromatic rings. The molecule has 0 radical (unpaired) electrons. The smallest absolute Gasteiger partial charge is 0.240 e. The first-order valence-electron chi connectivity index (χ1n) is 7.30. The van der Waals surface area contributed by atoms with Crippen molar-refractivity contribution in [3.05, 3.63) is 0 Å². The average Bonchev–Trinajstić information content (AvgIpc) is 2.36. The van der Waals surface area contributed by atoms with Gasteiger partial charge in [0.1, 0.15) is 0 Å². The van der Waals surface area contributed by atoms with Gasteiger partial charge in [-0.2, -0.15) is 0 Å². The van der Waals surface area contributed by atoms with Crippen LogP contribution in [0, 0.1) is 5.92 Å². The first-order valence-corrected chi connectivity index (χ1v) is 7.30. The van der Waals surface area contributed by atoms with Gasteiger partial charge in [-0.25, -0.2) is 0 Å². The molecule has 2 rings (SSSR count). The van der Waals surface area contributed by atoms with Crippen LogP contribution >= 0.6 is 0 Å². The Morgan fingerprint density at radius 3 is 2.67 bits per heavy atom. The van der Waals surface area contributed by atoms with E-state index in [4.69, 9.17) is 5.73 Å². The molecule has 0 aromatic carbocycles. The molecular weight excluding hydrogens is 226 g/mol. The van der Waals surface area contributed by atoms with Crippen LogP contribution in [0.3, 0.4) is 0 Å². The third-order valence-electron chi connectivity index (χ3n) is 4.47. The second kappa shape index (κ2) is 5.57. The number of carbonyl (C=O) groups excluding carboxylic acids is 1. The van der Waals surface area contributed by atoms with Crippen LogP contribution in [0.15, 0.2) is 0 Å². The monoisotopic (exact) mass is 253 g/mol. The zero-order valence-corrected chi connectivity index (χ0v) is 11.9. The zero-order chi connectivity index (χ0) is 13.3. The van der Waals surface area contributed by atoms with Crippen molar-refractivity contribution in [3.8, 4) is 0 Å². The molecule has 2 saturated heterocycles. The number of nitrogens with zero attached hydrogens (tertiary/aromatic N) is 2. The van der Waals surface area contributed by atoms with Crippen LogP contribution in [0.4, 0.5) is 0 Å². The fraction of sp³-hybridized carbons (Fsp3) is 0.929. The summed E-state index contributed by atoms with van der Waals surface area (Å²) in [7, 11) is 0. The molecule has 4 heteroatoms. The molecule has 18 heavy (non-hydrogen) atoms. The fourth-order valence-corrected chi connectivity index (χ4v) is 3.14. The summed E-state index contributed by atoms with van der Waals surface area (Å²) in [6, 6.07) is 0.525. The number of nitrogens with two attached hydrogens (primary N) is 1. The number of piperidine rings is 1. The van der Waals surface area contributed by atoms with Gasteiger partial charge in [0.15, 0.2) is 0 Å². The van der Waals surface area contributed by atoms with Crippen molar-refractivity contribution in [2.24, 2.45) is 11.7 Å². The largest absolute Gasteiger partial charge is 0.336 e. The van der Waals surface area contributed by atoms with E-state index in [1.165, 1.54) is 25.8 Å². The Labute approximate surface area is 110 Å². The lowest BCUT2D eigenvalue weighted by Crippen LogP contribution is -2.62. The number of hydrogen-bond donors (Lipinski definition) is 1. The van der Waals surface area contributed by atoms with Crippen molar-refractivity contribution < 1.29 is 4.79 Å². The molecule has 2 heterocycles. The van der Waals surface area contributed by atoms with Crippen molar-refractivity contribution in [2.45, 2.75) is 58.2 Å². The van der Waals surface area contributed by atoms with Gasteiger partial charge in [-0.3, -0.25) is 9.69 Å². The van der Waals surface area contributed by atoms with Gasteiger partial charge in [0.25, 0.3) is 0 Å². The van der Waals surface area contributed by atoms with Gasteiger partial charge in [-0.1, -0.05) is 20.3 Å². The van der Waals surface area contributed by atoms with E-state index in [1.54, 1.807) is 0 Å². The molecule has 104 valence electrons. The summed E-state index contributed by atoms with van der Waals surface area (Å²) in [5.41, 5.74) is 6.02. The third kappa shape index (κ3) is 2.69. The molecule has 0 aromatic heterocycles. The molecule has 2 N–H and O–H groups in total. The number of rotatable bonds is 2. The van der Waals surface area contributed by atoms with Crippen LogP contribution in [-0.2, 0) is 4.79 Å². The highest BCUT2D eigenvalue weighted by molar-refractivity contribution is 5.82. The highest BCUT2D eigenvalue weighted by Gasteiger charge is 2.37. The molecule has 1 amide bonds. The van der Waals surface area contributed by atoms with E-state index in [0.717, 1.165) is 13.1 Å². The van der Waals surface area contributed by atoms with E-state index in [-0.39, 0.29) is 17.9 Å². The van der Waals surface area contributed by atoms with Crippen molar-refractivity contribution in [1.82, 2.24) is 9.80 Å². The van der Waals surface area contributed by atoms with Gasteiger partial charge in [0, 0.05) is 25.2 Å². The normalized spacial score (nSPS) is 31.3. The molecule has 2 aliphatic heterocycles. The fourth-order valence-electron chi connectivity index (χ4n) is 3.14. The second-order valence-electron chi connectivity index (χ2n) is 6.25. The van der Waals surface area contributed by atoms with E-state index in [2.05, 4.69) is 11.8 Å². The summed E-state index contributed by atoms with van der Waals surface area (Å²) in [6.07, 6.45) is 3.84. The van der Waals surface area contributed by atoms with Crippen LogP contribution in [0.2, 0.25) is 0 Å². The molecule has 3 atom stereocenters. The quantitative estimate of drug-likeness (QED) is 0.800. The lowest BCUT2D eigenvalue weighted by Gasteiger charge is -2.48. The minimum absolute atomic E-state index is 0.141. The lowest BCUT2D eigenvalue weighted by atomic mass is 9.95. The Balaban J connectivity index is 2.02. The number of hydrogen-bond acceptors (Lipinski definition) is 3. The van der Waals surface area contributed by atoms with Crippen LogP contribution in [0.5, 0.6) is 0 Å². The van der Waals surface area contributed by atoms with Crippen LogP contribution in [-0.4, -0.2) is 53.5 Å². The second-order valence-corrected chi connectivity index (χ2v) is 6.25. The Morgan fingerprint density at radius 1 is 1.28 bits per heavy atom. The maximum Gasteiger partial charge on any atom is 0.240 e. The molecule has 2 unspecified atom stereocenters. The topological polar surface area (TPSA) is 49.6 Å². The SMILES string of the molecule is CC(C)[C@H](N)C(=O)N1CC2CCCCN2CC1C. The summed E-state index contributed by atoms with van der Waals surface area (Å²) >= 11 is 0. The van der Waals surface area contributed by atoms with Gasteiger partial charge in [0.2, 0.25) is 5.91 Å². The summed E-state index contributed by atoms with van der Waals surface area (Å²) in [6.45, 7) is 9.28. The van der Waals surface area contributed by atoms with E-state index in [1.807, 2.05) is 18.7 Å². The van der Waals surface area contributed by atoms with E-state index in [9.17, 15) is 4.79 Å². The Bertz CT molecular complexity index is 305. The standard InChI is InChI=1S/C14H27N3O/c1-10(2)13(15)14(18)17-9-12-6-4-5-7-16(12)8-11(17)3/h10-13H,4-9,15H2,1-3H3/t11?,12?,13-/m0/s1. The first kappa shape index (κ1) is 13.8. The number of piperazine rings is 1. The Hall–Kier alpha value is -0.610. The van der Waals surface area contributed by atoms with Gasteiger partial charge in [-0.15, -0.1) is 0 Å². The highest BCUT2D eigenvalue weighted by atomic mass is 16.2. The molecule has 0 spiro atoms. The summed E-state index contributed by atoms with van der Waals surface area (Å²) in [5, 5.41) is 0. The minimum Gasteiger partial charge on any atom is -0.336 e. The van der Waals surface area contributed by atoms with Crippen molar-refractivity contribution >= 4 is 5.91 Å². The minimum atomic E-state index is -0.345. The summed E-state index contributed by atoms with van der Waals surface area (Å²) < 4.78 is 0. The summed E-state index contributed by atoms with van der Waals surface area (Å²) in [5.74, 6) is 0.358. The predicted octanol–water partition coefficient (Wildman–Crippen LogP) is 1.05. The average molecular weight is 253 g/mol. The van der Waals surface area contributed by atoms with Crippen LogP contribution < -0.4 is 5.73 Å². The van der Waals surface area contributed by atoms with Crippen LogP contribution in [0.1, 0.15) is 40.0 Å². The maximum atomic E-state index is 12.4. The van der Waals surface area contributed by atoms with E-state index >= 15 is 0 Å². The van der Waals surface area contributed by atoms with Crippen molar-refractivity contribution in [3.63, 3.8) is 0 Å². The Morgan fingerprint density at radius 2 is 2.00 bits per heavy atom. The molecule has 2 fully saturated rings.